The van der Waals surface area contributed by atoms with Crippen LogP contribution in [0.2, 0.25) is 0 Å². The number of allylic oxidation sites excluding steroid dienone is 4. The Morgan fingerprint density at radius 1 is 1.03 bits per heavy atom. The number of rotatable bonds is 13. The van der Waals surface area contributed by atoms with Gasteiger partial charge >= 0.3 is 5.63 Å². The average molecular weight is 455 g/mol. The minimum atomic E-state index is -0.551. The predicted molar refractivity (Wildman–Crippen MR) is 136 cm³/mol. The van der Waals surface area contributed by atoms with E-state index in [1.807, 2.05) is 32.1 Å². The molecule has 0 saturated heterocycles. The third kappa shape index (κ3) is 8.83. The van der Waals surface area contributed by atoms with Crippen molar-refractivity contribution in [3.63, 3.8) is 0 Å². The maximum absolute atomic E-state index is 12.7. The largest absolute Gasteiger partial charge is 0.489 e. The molecule has 0 amide bonds. The first-order chi connectivity index (χ1) is 15.8. The van der Waals surface area contributed by atoms with E-state index in [-0.39, 0.29) is 11.9 Å². The van der Waals surface area contributed by atoms with Crippen molar-refractivity contribution in [2.45, 2.75) is 73.3 Å². The second-order valence-corrected chi connectivity index (χ2v) is 8.57. The Balaban J connectivity index is 2.19. The minimum absolute atomic E-state index is 0.115. The average Bonchev–Trinajstić information content (AvgIpc) is 2.74. The quantitative estimate of drug-likeness (QED) is 0.179. The number of fused-ring (bicyclic) bond motifs is 1. The Labute approximate surface area is 197 Å². The SMILES string of the molecule is CCC=CCCOc1c(OC(C)C)c2ccc(OCC=C(C)CCC=C(C)C)cc2oc1=O. The summed E-state index contributed by atoms with van der Waals surface area (Å²) in [5.74, 6) is 1.16. The highest BCUT2D eigenvalue weighted by Gasteiger charge is 2.19. The second kappa shape index (κ2) is 13.6. The van der Waals surface area contributed by atoms with Crippen LogP contribution in [-0.4, -0.2) is 19.3 Å². The molecule has 0 aliphatic carbocycles. The molecule has 0 aliphatic heterocycles. The first-order valence-corrected chi connectivity index (χ1v) is 11.8. The Hall–Kier alpha value is -2.95. The maximum atomic E-state index is 12.7. The van der Waals surface area contributed by atoms with Crippen molar-refractivity contribution in [2.75, 3.05) is 13.2 Å². The lowest BCUT2D eigenvalue weighted by atomic mass is 10.1. The van der Waals surface area contributed by atoms with Gasteiger partial charge in [-0.25, -0.2) is 4.79 Å². The highest BCUT2D eigenvalue weighted by Crippen LogP contribution is 2.35. The molecule has 2 aromatic rings. The Morgan fingerprint density at radius 3 is 2.52 bits per heavy atom. The first-order valence-electron chi connectivity index (χ1n) is 11.8. The molecule has 0 aliphatic rings. The van der Waals surface area contributed by atoms with Crippen molar-refractivity contribution in [1.29, 1.82) is 0 Å². The van der Waals surface area contributed by atoms with Crippen LogP contribution in [0.15, 0.2) is 62.9 Å². The number of ether oxygens (including phenoxy) is 3. The molecule has 0 radical (unpaired) electrons. The Morgan fingerprint density at radius 2 is 1.82 bits per heavy atom. The van der Waals surface area contributed by atoms with Gasteiger partial charge in [-0.1, -0.05) is 36.3 Å². The summed E-state index contributed by atoms with van der Waals surface area (Å²) in [7, 11) is 0. The van der Waals surface area contributed by atoms with Gasteiger partial charge in [-0.2, -0.15) is 0 Å². The van der Waals surface area contributed by atoms with Crippen LogP contribution in [0.4, 0.5) is 0 Å². The molecular formula is C28H38O5. The molecule has 0 atom stereocenters. The third-order valence-corrected chi connectivity index (χ3v) is 4.85. The van der Waals surface area contributed by atoms with Crippen molar-refractivity contribution < 1.29 is 18.6 Å². The maximum Gasteiger partial charge on any atom is 0.383 e. The van der Waals surface area contributed by atoms with Crippen molar-refractivity contribution in [3.8, 4) is 17.2 Å². The van der Waals surface area contributed by atoms with Gasteiger partial charge in [0.05, 0.1) is 18.1 Å². The summed E-state index contributed by atoms with van der Waals surface area (Å²) in [5.41, 5.74) is 2.47. The number of benzene rings is 1. The van der Waals surface area contributed by atoms with Gasteiger partial charge in [0.25, 0.3) is 0 Å². The molecule has 0 bridgehead atoms. The third-order valence-electron chi connectivity index (χ3n) is 4.85. The van der Waals surface area contributed by atoms with Crippen LogP contribution >= 0.6 is 0 Å². The summed E-state index contributed by atoms with van der Waals surface area (Å²) in [5, 5.41) is 0.684. The van der Waals surface area contributed by atoms with E-state index < -0.39 is 5.63 Å². The number of hydrogen-bond acceptors (Lipinski definition) is 5. The molecule has 0 fully saturated rings. The fourth-order valence-corrected chi connectivity index (χ4v) is 3.19. The van der Waals surface area contributed by atoms with Gasteiger partial charge in [-0.05, 0) is 78.5 Å². The molecule has 5 nitrogen and oxygen atoms in total. The van der Waals surface area contributed by atoms with Crippen molar-refractivity contribution >= 4 is 11.0 Å². The molecular weight excluding hydrogens is 416 g/mol. The van der Waals surface area contributed by atoms with Gasteiger partial charge in [-0.15, -0.1) is 0 Å². The van der Waals surface area contributed by atoms with E-state index in [4.69, 9.17) is 18.6 Å². The fraction of sp³-hybridized carbons (Fsp3) is 0.464. The molecule has 180 valence electrons. The zero-order valence-electron chi connectivity index (χ0n) is 20.9. The lowest BCUT2D eigenvalue weighted by molar-refractivity contribution is 0.219. The van der Waals surface area contributed by atoms with Crippen LogP contribution in [0.1, 0.15) is 67.2 Å². The highest BCUT2D eigenvalue weighted by molar-refractivity contribution is 5.86. The molecule has 1 aromatic heterocycles. The summed E-state index contributed by atoms with van der Waals surface area (Å²) in [6, 6.07) is 5.43. The van der Waals surface area contributed by atoms with Gasteiger partial charge in [0.1, 0.15) is 17.9 Å². The van der Waals surface area contributed by atoms with Gasteiger partial charge in [0.2, 0.25) is 5.75 Å². The van der Waals surface area contributed by atoms with Crippen LogP contribution in [0, 0.1) is 0 Å². The predicted octanol–water partition coefficient (Wildman–Crippen LogP) is 7.39. The molecule has 5 heteroatoms. The standard InChI is InChI=1S/C28H38O5/c1-7-8-9-10-17-31-27-26(32-21(4)5)24-15-14-23(19-25(24)33-28(27)29)30-18-16-22(6)13-11-12-20(2)3/h8-9,12,14-16,19,21H,7,10-11,13,17-18H2,1-6H3. The summed E-state index contributed by atoms with van der Waals surface area (Å²) >= 11 is 0. The van der Waals surface area contributed by atoms with E-state index in [2.05, 4.69) is 45.9 Å². The van der Waals surface area contributed by atoms with Crippen molar-refractivity contribution in [1.82, 2.24) is 0 Å². The van der Waals surface area contributed by atoms with E-state index in [9.17, 15) is 4.79 Å². The molecule has 0 unspecified atom stereocenters. The smallest absolute Gasteiger partial charge is 0.383 e. The van der Waals surface area contributed by atoms with Crippen LogP contribution < -0.4 is 19.8 Å². The summed E-state index contributed by atoms with van der Waals surface area (Å²) in [6.45, 7) is 13.1. The molecule has 0 N–H and O–H groups in total. The minimum Gasteiger partial charge on any atom is -0.489 e. The molecule has 0 saturated carbocycles. The number of hydrogen-bond donors (Lipinski definition) is 0. The zero-order valence-corrected chi connectivity index (χ0v) is 20.9. The molecule has 1 heterocycles. The molecule has 2 rings (SSSR count). The topological polar surface area (TPSA) is 57.9 Å². The monoisotopic (exact) mass is 454 g/mol. The Kier molecular flexibility index (Phi) is 10.8. The fourth-order valence-electron chi connectivity index (χ4n) is 3.19. The van der Waals surface area contributed by atoms with Crippen molar-refractivity contribution in [2.24, 2.45) is 0 Å². The van der Waals surface area contributed by atoms with Gasteiger partial charge in [-0.3, -0.25) is 0 Å². The second-order valence-electron chi connectivity index (χ2n) is 8.57. The molecule has 0 spiro atoms. The lowest BCUT2D eigenvalue weighted by Crippen LogP contribution is -2.14. The van der Waals surface area contributed by atoms with E-state index in [0.717, 1.165) is 19.3 Å². The van der Waals surface area contributed by atoms with Crippen LogP contribution in [-0.2, 0) is 0 Å². The Bertz CT molecular complexity index is 1040. The zero-order chi connectivity index (χ0) is 24.2. The van der Waals surface area contributed by atoms with Crippen LogP contribution in [0.25, 0.3) is 11.0 Å². The normalized spacial score (nSPS) is 11.9. The van der Waals surface area contributed by atoms with Crippen molar-refractivity contribution in [3.05, 3.63) is 64.1 Å². The first kappa shape index (κ1) is 26.3. The van der Waals surface area contributed by atoms with E-state index in [1.54, 1.807) is 6.07 Å². The summed E-state index contributed by atoms with van der Waals surface area (Å²) < 4.78 is 23.2. The molecule has 33 heavy (non-hydrogen) atoms. The summed E-state index contributed by atoms with van der Waals surface area (Å²) in [4.78, 5) is 12.7. The highest BCUT2D eigenvalue weighted by atomic mass is 16.5. The van der Waals surface area contributed by atoms with Gasteiger partial charge < -0.3 is 18.6 Å². The van der Waals surface area contributed by atoms with Gasteiger partial charge in [0.15, 0.2) is 5.75 Å². The van der Waals surface area contributed by atoms with Crippen LogP contribution in [0.5, 0.6) is 17.2 Å². The molecule has 1 aromatic carbocycles. The van der Waals surface area contributed by atoms with Crippen LogP contribution in [0.3, 0.4) is 0 Å². The summed E-state index contributed by atoms with van der Waals surface area (Å²) in [6.07, 6.45) is 12.0. The van der Waals surface area contributed by atoms with E-state index in [1.165, 1.54) is 11.1 Å². The van der Waals surface area contributed by atoms with E-state index in [0.29, 0.717) is 42.1 Å². The lowest BCUT2D eigenvalue weighted by Gasteiger charge is -2.16. The van der Waals surface area contributed by atoms with Gasteiger partial charge in [0, 0.05) is 6.07 Å². The van der Waals surface area contributed by atoms with E-state index >= 15 is 0 Å².